The first kappa shape index (κ1) is 11.3. The number of carbonyl (C=O) groups excluding carboxylic acids is 1. The van der Waals surface area contributed by atoms with Gasteiger partial charge in [-0.05, 0) is 17.5 Å². The molecule has 0 saturated heterocycles. The summed E-state index contributed by atoms with van der Waals surface area (Å²) in [7, 11) is 1.65. The fourth-order valence-electron chi connectivity index (χ4n) is 2.49. The predicted octanol–water partition coefficient (Wildman–Crippen LogP) is 2.54. The van der Waals surface area contributed by atoms with Crippen LogP contribution in [0.15, 0.2) is 24.3 Å². The number of ketones is 1. The molecule has 0 spiro atoms. The van der Waals surface area contributed by atoms with Gasteiger partial charge in [0.15, 0.2) is 5.78 Å². The summed E-state index contributed by atoms with van der Waals surface area (Å²) < 4.78 is 5.55. The van der Waals surface area contributed by atoms with Gasteiger partial charge in [-0.3, -0.25) is 4.79 Å². The van der Waals surface area contributed by atoms with Crippen LogP contribution in [0.25, 0.3) is 0 Å². The molecule has 1 aromatic carbocycles. The molecule has 2 nitrogen and oxygen atoms in total. The van der Waals surface area contributed by atoms with Gasteiger partial charge in [-0.25, -0.2) is 0 Å². The molecular weight excluding hydrogens is 200 g/mol. The van der Waals surface area contributed by atoms with Crippen molar-refractivity contribution in [3.63, 3.8) is 0 Å². The second kappa shape index (κ2) is 4.38. The molecule has 0 heterocycles. The number of methoxy groups -OCH3 is 1. The van der Waals surface area contributed by atoms with Crippen LogP contribution in [0.3, 0.4) is 0 Å². The van der Waals surface area contributed by atoms with Crippen LogP contribution < -0.4 is 0 Å². The van der Waals surface area contributed by atoms with Gasteiger partial charge in [0.05, 0.1) is 0 Å². The van der Waals surface area contributed by atoms with E-state index in [4.69, 9.17) is 4.74 Å². The Balaban J connectivity index is 2.26. The number of hydrogen-bond donors (Lipinski definition) is 0. The minimum absolute atomic E-state index is 0.244. The molecule has 86 valence electrons. The van der Waals surface area contributed by atoms with Crippen LogP contribution in [0.1, 0.15) is 30.9 Å². The molecule has 0 radical (unpaired) electrons. The first-order chi connectivity index (χ1) is 7.72. The standard InChI is InChI=1S/C14H18O2/c1-3-6-13(15)14(16-2)9-11-7-4-5-8-12(11)10-14/h4-5,7-8H,3,6,9-10H2,1-2H3. The Morgan fingerprint density at radius 2 is 1.88 bits per heavy atom. The second-order valence-electron chi connectivity index (χ2n) is 4.49. The Morgan fingerprint density at radius 1 is 1.31 bits per heavy atom. The summed E-state index contributed by atoms with van der Waals surface area (Å²) in [6.07, 6.45) is 2.97. The SMILES string of the molecule is CCCC(=O)C1(OC)Cc2ccccc2C1. The quantitative estimate of drug-likeness (QED) is 0.776. The van der Waals surface area contributed by atoms with Crippen molar-refractivity contribution in [1.82, 2.24) is 0 Å². The molecule has 16 heavy (non-hydrogen) atoms. The third-order valence-electron chi connectivity index (χ3n) is 3.45. The van der Waals surface area contributed by atoms with E-state index in [1.807, 2.05) is 19.1 Å². The Hall–Kier alpha value is -1.15. The summed E-state index contributed by atoms with van der Waals surface area (Å²) in [6.45, 7) is 2.03. The highest BCUT2D eigenvalue weighted by atomic mass is 16.5. The van der Waals surface area contributed by atoms with Crippen molar-refractivity contribution in [3.05, 3.63) is 35.4 Å². The third-order valence-corrected chi connectivity index (χ3v) is 3.45. The lowest BCUT2D eigenvalue weighted by molar-refractivity contribution is -0.140. The highest BCUT2D eigenvalue weighted by molar-refractivity contribution is 5.89. The zero-order valence-electron chi connectivity index (χ0n) is 9.95. The lowest BCUT2D eigenvalue weighted by atomic mass is 9.91. The predicted molar refractivity (Wildman–Crippen MR) is 63.5 cm³/mol. The zero-order chi connectivity index (χ0) is 11.6. The fourth-order valence-corrected chi connectivity index (χ4v) is 2.49. The van der Waals surface area contributed by atoms with Gasteiger partial charge in [0.25, 0.3) is 0 Å². The van der Waals surface area contributed by atoms with Crippen LogP contribution in [-0.4, -0.2) is 18.5 Å². The normalized spacial score (nSPS) is 17.1. The van der Waals surface area contributed by atoms with Gasteiger partial charge >= 0.3 is 0 Å². The van der Waals surface area contributed by atoms with Gasteiger partial charge in [-0.2, -0.15) is 0 Å². The number of hydrogen-bond acceptors (Lipinski definition) is 2. The van der Waals surface area contributed by atoms with Crippen molar-refractivity contribution in [2.45, 2.75) is 38.2 Å². The molecule has 0 unspecified atom stereocenters. The largest absolute Gasteiger partial charge is 0.370 e. The van der Waals surface area contributed by atoms with E-state index in [0.717, 1.165) is 19.3 Å². The van der Waals surface area contributed by atoms with E-state index in [0.29, 0.717) is 6.42 Å². The molecule has 0 amide bonds. The minimum atomic E-state index is -0.584. The molecule has 0 saturated carbocycles. The molecule has 1 aromatic rings. The number of fused-ring (bicyclic) bond motifs is 1. The van der Waals surface area contributed by atoms with Crippen molar-refractivity contribution in [2.24, 2.45) is 0 Å². The van der Waals surface area contributed by atoms with Crippen LogP contribution >= 0.6 is 0 Å². The fraction of sp³-hybridized carbons (Fsp3) is 0.500. The monoisotopic (exact) mass is 218 g/mol. The van der Waals surface area contributed by atoms with Crippen LogP contribution in [0.2, 0.25) is 0 Å². The Bertz CT molecular complexity index is 370. The molecule has 0 bridgehead atoms. The maximum atomic E-state index is 12.1. The minimum Gasteiger partial charge on any atom is -0.370 e. The van der Waals surface area contributed by atoms with E-state index < -0.39 is 5.60 Å². The summed E-state index contributed by atoms with van der Waals surface area (Å²) in [5, 5.41) is 0. The Kier molecular flexibility index (Phi) is 3.10. The summed E-state index contributed by atoms with van der Waals surface area (Å²) in [5.74, 6) is 0.244. The number of carbonyl (C=O) groups is 1. The lowest BCUT2D eigenvalue weighted by Gasteiger charge is -2.25. The first-order valence-electron chi connectivity index (χ1n) is 5.87. The Labute approximate surface area is 96.6 Å². The highest BCUT2D eigenvalue weighted by Crippen LogP contribution is 2.34. The molecule has 0 N–H and O–H groups in total. The van der Waals surface area contributed by atoms with Crippen LogP contribution in [0.4, 0.5) is 0 Å². The first-order valence-corrected chi connectivity index (χ1v) is 5.87. The van der Waals surface area contributed by atoms with E-state index in [2.05, 4.69) is 12.1 Å². The molecule has 2 rings (SSSR count). The van der Waals surface area contributed by atoms with Gasteiger partial charge in [0.2, 0.25) is 0 Å². The van der Waals surface area contributed by atoms with E-state index >= 15 is 0 Å². The van der Waals surface area contributed by atoms with E-state index in [1.54, 1.807) is 7.11 Å². The molecule has 2 heteroatoms. The van der Waals surface area contributed by atoms with E-state index in [1.165, 1.54) is 11.1 Å². The average molecular weight is 218 g/mol. The summed E-state index contributed by atoms with van der Waals surface area (Å²) >= 11 is 0. The van der Waals surface area contributed by atoms with Crippen molar-refractivity contribution in [3.8, 4) is 0 Å². The van der Waals surface area contributed by atoms with Crippen LogP contribution in [0, 0.1) is 0 Å². The highest BCUT2D eigenvalue weighted by Gasteiger charge is 2.42. The molecule has 1 aliphatic rings. The van der Waals surface area contributed by atoms with Crippen molar-refractivity contribution < 1.29 is 9.53 Å². The molecule has 0 aromatic heterocycles. The van der Waals surface area contributed by atoms with E-state index in [9.17, 15) is 4.79 Å². The van der Waals surface area contributed by atoms with Crippen molar-refractivity contribution >= 4 is 5.78 Å². The smallest absolute Gasteiger partial charge is 0.165 e. The summed E-state index contributed by atoms with van der Waals surface area (Å²) in [5.41, 5.74) is 1.93. The van der Waals surface area contributed by atoms with Crippen LogP contribution in [0.5, 0.6) is 0 Å². The maximum Gasteiger partial charge on any atom is 0.165 e. The van der Waals surface area contributed by atoms with Gasteiger partial charge in [-0.15, -0.1) is 0 Å². The summed E-state index contributed by atoms with van der Waals surface area (Å²) in [6, 6.07) is 8.23. The number of Topliss-reactive ketones (excluding diaryl/α,β-unsaturated/α-hetero) is 1. The average Bonchev–Trinajstić information content (AvgIpc) is 2.69. The maximum absolute atomic E-state index is 12.1. The molecular formula is C14H18O2. The molecule has 0 aliphatic heterocycles. The van der Waals surface area contributed by atoms with Gasteiger partial charge in [0.1, 0.15) is 5.60 Å². The molecule has 0 fully saturated rings. The molecule has 0 atom stereocenters. The summed E-state index contributed by atoms with van der Waals surface area (Å²) in [4.78, 5) is 12.1. The van der Waals surface area contributed by atoms with Gasteiger partial charge in [0, 0.05) is 26.4 Å². The topological polar surface area (TPSA) is 26.3 Å². The lowest BCUT2D eigenvalue weighted by Crippen LogP contribution is -2.41. The molecule has 1 aliphatic carbocycles. The van der Waals surface area contributed by atoms with Crippen LogP contribution in [-0.2, 0) is 22.4 Å². The van der Waals surface area contributed by atoms with Gasteiger partial charge in [-0.1, -0.05) is 31.2 Å². The Morgan fingerprint density at radius 3 is 2.31 bits per heavy atom. The number of rotatable bonds is 4. The van der Waals surface area contributed by atoms with Crippen molar-refractivity contribution in [2.75, 3.05) is 7.11 Å². The zero-order valence-corrected chi connectivity index (χ0v) is 9.95. The third kappa shape index (κ3) is 1.78. The second-order valence-corrected chi connectivity index (χ2v) is 4.49. The number of benzene rings is 1. The van der Waals surface area contributed by atoms with E-state index in [-0.39, 0.29) is 5.78 Å². The number of ether oxygens (including phenoxy) is 1. The van der Waals surface area contributed by atoms with Gasteiger partial charge < -0.3 is 4.74 Å². The van der Waals surface area contributed by atoms with Crippen molar-refractivity contribution in [1.29, 1.82) is 0 Å².